The van der Waals surface area contributed by atoms with Crippen LogP contribution in [0.1, 0.15) is 57.0 Å². The Bertz CT molecular complexity index is 284. The maximum atomic E-state index is 5.50. The molecule has 1 heterocycles. The zero-order chi connectivity index (χ0) is 12.3. The molecule has 98 valence electrons. The zero-order valence-corrected chi connectivity index (χ0v) is 11.0. The van der Waals surface area contributed by atoms with E-state index < -0.39 is 0 Å². The summed E-state index contributed by atoms with van der Waals surface area (Å²) >= 11 is 0. The molecule has 1 aromatic rings. The van der Waals surface area contributed by atoms with Crippen LogP contribution in [-0.4, -0.2) is 6.54 Å². The zero-order valence-electron chi connectivity index (χ0n) is 11.0. The molecule has 1 aromatic heterocycles. The molecule has 0 saturated heterocycles. The molecular weight excluding hydrogens is 212 g/mol. The van der Waals surface area contributed by atoms with E-state index in [4.69, 9.17) is 10.2 Å². The highest BCUT2D eigenvalue weighted by atomic mass is 16.3. The van der Waals surface area contributed by atoms with Crippen molar-refractivity contribution in [2.45, 2.75) is 58.5 Å². The minimum absolute atomic E-state index is 0.484. The standard InChI is InChI=1S/C14H26N2O/c1-2-3-4-5-6-7-10-16-12-14-9-8-13(11-15)17-14/h8-9,16H,2-7,10-12,15H2,1H3. The lowest BCUT2D eigenvalue weighted by atomic mass is 10.1. The van der Waals surface area contributed by atoms with Gasteiger partial charge in [0.2, 0.25) is 0 Å². The summed E-state index contributed by atoms with van der Waals surface area (Å²) in [6, 6.07) is 3.94. The van der Waals surface area contributed by atoms with Crippen molar-refractivity contribution in [3.8, 4) is 0 Å². The summed E-state index contributed by atoms with van der Waals surface area (Å²) in [5, 5.41) is 3.40. The first-order valence-corrected chi connectivity index (χ1v) is 6.85. The van der Waals surface area contributed by atoms with Crippen molar-refractivity contribution >= 4 is 0 Å². The van der Waals surface area contributed by atoms with Gasteiger partial charge in [-0.15, -0.1) is 0 Å². The van der Waals surface area contributed by atoms with Gasteiger partial charge in [-0.3, -0.25) is 0 Å². The number of rotatable bonds is 10. The van der Waals surface area contributed by atoms with Gasteiger partial charge in [0.05, 0.1) is 13.1 Å². The third-order valence-electron chi connectivity index (χ3n) is 2.92. The fraction of sp³-hybridized carbons (Fsp3) is 0.714. The van der Waals surface area contributed by atoms with E-state index in [-0.39, 0.29) is 0 Å². The Kier molecular flexibility index (Phi) is 7.76. The molecule has 0 aliphatic heterocycles. The number of furan rings is 1. The molecule has 0 unspecified atom stereocenters. The van der Waals surface area contributed by atoms with Crippen LogP contribution in [0.15, 0.2) is 16.5 Å². The molecule has 0 spiro atoms. The van der Waals surface area contributed by atoms with Crippen molar-refractivity contribution in [1.29, 1.82) is 0 Å². The van der Waals surface area contributed by atoms with Gasteiger partial charge < -0.3 is 15.5 Å². The number of hydrogen-bond donors (Lipinski definition) is 2. The van der Waals surface area contributed by atoms with Crippen LogP contribution in [-0.2, 0) is 13.1 Å². The van der Waals surface area contributed by atoms with Crippen LogP contribution in [0.4, 0.5) is 0 Å². The minimum atomic E-state index is 0.484. The Morgan fingerprint density at radius 2 is 1.76 bits per heavy atom. The van der Waals surface area contributed by atoms with Crippen LogP contribution in [0.3, 0.4) is 0 Å². The Morgan fingerprint density at radius 1 is 1.06 bits per heavy atom. The van der Waals surface area contributed by atoms with E-state index in [2.05, 4.69) is 12.2 Å². The first-order valence-electron chi connectivity index (χ1n) is 6.85. The van der Waals surface area contributed by atoms with Gasteiger partial charge in [0.15, 0.2) is 0 Å². The van der Waals surface area contributed by atoms with Crippen LogP contribution in [0.25, 0.3) is 0 Å². The highest BCUT2D eigenvalue weighted by Gasteiger charge is 1.99. The lowest BCUT2D eigenvalue weighted by Crippen LogP contribution is -2.14. The minimum Gasteiger partial charge on any atom is -0.463 e. The van der Waals surface area contributed by atoms with Gasteiger partial charge in [0.1, 0.15) is 11.5 Å². The number of nitrogens with one attached hydrogen (secondary N) is 1. The molecular formula is C14H26N2O. The molecule has 1 rings (SSSR count). The van der Waals surface area contributed by atoms with E-state index in [9.17, 15) is 0 Å². The van der Waals surface area contributed by atoms with Crippen molar-refractivity contribution in [3.63, 3.8) is 0 Å². The lowest BCUT2D eigenvalue weighted by molar-refractivity contribution is 0.445. The van der Waals surface area contributed by atoms with E-state index in [1.165, 1.54) is 38.5 Å². The number of hydrogen-bond acceptors (Lipinski definition) is 3. The van der Waals surface area contributed by atoms with Gasteiger partial charge in [-0.2, -0.15) is 0 Å². The lowest BCUT2D eigenvalue weighted by Gasteiger charge is -2.03. The smallest absolute Gasteiger partial charge is 0.118 e. The molecule has 17 heavy (non-hydrogen) atoms. The van der Waals surface area contributed by atoms with E-state index in [1.807, 2.05) is 12.1 Å². The molecule has 0 radical (unpaired) electrons. The van der Waals surface area contributed by atoms with Crippen LogP contribution >= 0.6 is 0 Å². The Balaban J connectivity index is 1.93. The summed E-state index contributed by atoms with van der Waals surface area (Å²) in [4.78, 5) is 0. The van der Waals surface area contributed by atoms with Gasteiger partial charge in [-0.05, 0) is 25.1 Å². The highest BCUT2D eigenvalue weighted by molar-refractivity contribution is 5.06. The molecule has 0 aliphatic carbocycles. The van der Waals surface area contributed by atoms with Crippen molar-refractivity contribution in [2.75, 3.05) is 6.54 Å². The van der Waals surface area contributed by atoms with E-state index in [0.717, 1.165) is 24.6 Å². The summed E-state index contributed by atoms with van der Waals surface area (Å²) in [6.07, 6.45) is 8.04. The van der Waals surface area contributed by atoms with E-state index >= 15 is 0 Å². The molecule has 0 saturated carbocycles. The second-order valence-corrected chi connectivity index (χ2v) is 4.52. The average Bonchev–Trinajstić information content (AvgIpc) is 2.80. The monoisotopic (exact) mass is 238 g/mol. The predicted octanol–water partition coefficient (Wildman–Crippen LogP) is 3.19. The molecule has 0 amide bonds. The second kappa shape index (κ2) is 9.25. The molecule has 3 heteroatoms. The van der Waals surface area contributed by atoms with E-state index in [0.29, 0.717) is 6.54 Å². The second-order valence-electron chi connectivity index (χ2n) is 4.52. The topological polar surface area (TPSA) is 51.2 Å². The van der Waals surface area contributed by atoms with Gasteiger partial charge in [0, 0.05) is 0 Å². The van der Waals surface area contributed by atoms with Gasteiger partial charge in [-0.1, -0.05) is 39.0 Å². The van der Waals surface area contributed by atoms with Crippen molar-refractivity contribution < 1.29 is 4.42 Å². The Hall–Kier alpha value is -0.800. The fourth-order valence-electron chi connectivity index (χ4n) is 1.87. The maximum absolute atomic E-state index is 5.50. The first-order chi connectivity index (χ1) is 8.36. The third-order valence-corrected chi connectivity index (χ3v) is 2.92. The first kappa shape index (κ1) is 14.3. The molecule has 0 aliphatic rings. The van der Waals surface area contributed by atoms with Crippen molar-refractivity contribution in [3.05, 3.63) is 23.7 Å². The Labute approximate surface area is 105 Å². The quantitative estimate of drug-likeness (QED) is 0.615. The number of nitrogens with two attached hydrogens (primary N) is 1. The summed E-state index contributed by atoms with van der Waals surface area (Å²) in [6.45, 7) is 4.62. The van der Waals surface area contributed by atoms with Crippen molar-refractivity contribution in [1.82, 2.24) is 5.32 Å². The van der Waals surface area contributed by atoms with Gasteiger partial charge in [-0.25, -0.2) is 0 Å². The fourth-order valence-corrected chi connectivity index (χ4v) is 1.87. The van der Waals surface area contributed by atoms with Gasteiger partial charge in [0.25, 0.3) is 0 Å². The van der Waals surface area contributed by atoms with E-state index in [1.54, 1.807) is 0 Å². The largest absolute Gasteiger partial charge is 0.463 e. The van der Waals surface area contributed by atoms with Crippen LogP contribution in [0.2, 0.25) is 0 Å². The van der Waals surface area contributed by atoms with Gasteiger partial charge >= 0.3 is 0 Å². The summed E-state index contributed by atoms with van der Waals surface area (Å²) in [5.41, 5.74) is 5.48. The third kappa shape index (κ3) is 6.49. The van der Waals surface area contributed by atoms with Crippen molar-refractivity contribution in [2.24, 2.45) is 5.73 Å². The summed E-state index contributed by atoms with van der Waals surface area (Å²) < 4.78 is 5.50. The highest BCUT2D eigenvalue weighted by Crippen LogP contribution is 2.07. The van der Waals surface area contributed by atoms with Crippen LogP contribution < -0.4 is 11.1 Å². The average molecular weight is 238 g/mol. The molecule has 3 nitrogen and oxygen atoms in total. The number of unbranched alkanes of at least 4 members (excludes halogenated alkanes) is 5. The SMILES string of the molecule is CCCCCCCCNCc1ccc(CN)o1. The molecule has 0 fully saturated rings. The molecule has 0 aromatic carbocycles. The van der Waals surface area contributed by atoms with Crippen LogP contribution in [0.5, 0.6) is 0 Å². The predicted molar refractivity (Wildman–Crippen MR) is 71.7 cm³/mol. The summed E-state index contributed by atoms with van der Waals surface area (Å²) in [7, 11) is 0. The summed E-state index contributed by atoms with van der Waals surface area (Å²) in [5.74, 6) is 1.85. The Morgan fingerprint density at radius 3 is 2.47 bits per heavy atom. The normalized spacial score (nSPS) is 10.9. The molecule has 0 atom stereocenters. The molecule has 3 N–H and O–H groups in total. The van der Waals surface area contributed by atoms with Crippen LogP contribution in [0, 0.1) is 0 Å². The molecule has 0 bridgehead atoms. The maximum Gasteiger partial charge on any atom is 0.118 e.